The minimum absolute atomic E-state index is 0.0193. The molecule has 3 aliphatic rings. The standard InChI is InChI=1S/C31H28F3N5O3/c1-2-21-23(33)6-5-17-11-20(40)12-22(24(17)21)27-26(34)28-25-29(39-9-7-19(39)15-41-30(25)36-27)38-31(37-28)42-14-16-4-3-8-35-13-18(32)10-16/h1,5-6,11-12,16,18-19,35,40H,3-4,7-10,13-15H2/t16-,18-,19-/m1/s1. The molecule has 11 heteroatoms. The highest BCUT2D eigenvalue weighted by molar-refractivity contribution is 6.04. The number of nitrogens with one attached hydrogen (secondary N) is 1. The van der Waals surface area contributed by atoms with Gasteiger partial charge in [0.2, 0.25) is 5.88 Å². The van der Waals surface area contributed by atoms with Crippen LogP contribution in [0.15, 0.2) is 24.3 Å². The Hall–Kier alpha value is -4.30. The molecule has 216 valence electrons. The highest BCUT2D eigenvalue weighted by atomic mass is 19.1. The summed E-state index contributed by atoms with van der Waals surface area (Å²) in [6.07, 6.45) is 7.55. The fraction of sp³-hybridized carbons (Fsp3) is 0.387. The van der Waals surface area contributed by atoms with Crippen LogP contribution >= 0.6 is 0 Å². The van der Waals surface area contributed by atoms with E-state index in [1.54, 1.807) is 0 Å². The summed E-state index contributed by atoms with van der Waals surface area (Å²) in [4.78, 5) is 15.7. The number of aromatic hydroxyl groups is 1. The van der Waals surface area contributed by atoms with Gasteiger partial charge in [-0.3, -0.25) is 0 Å². The molecule has 2 aromatic carbocycles. The van der Waals surface area contributed by atoms with Gasteiger partial charge in [0.1, 0.15) is 46.8 Å². The van der Waals surface area contributed by atoms with Crippen LogP contribution in [-0.2, 0) is 0 Å². The van der Waals surface area contributed by atoms with Gasteiger partial charge in [-0.1, -0.05) is 12.0 Å². The maximum Gasteiger partial charge on any atom is 0.319 e. The van der Waals surface area contributed by atoms with Crippen LogP contribution in [0.25, 0.3) is 32.9 Å². The molecule has 42 heavy (non-hydrogen) atoms. The largest absolute Gasteiger partial charge is 0.508 e. The molecular weight excluding hydrogens is 547 g/mol. The zero-order valence-electron chi connectivity index (χ0n) is 22.7. The Kier molecular flexibility index (Phi) is 6.66. The van der Waals surface area contributed by atoms with Crippen LogP contribution in [0.5, 0.6) is 17.6 Å². The van der Waals surface area contributed by atoms with E-state index in [-0.39, 0.29) is 63.9 Å². The SMILES string of the molecule is C#Cc1c(F)ccc2cc(O)cc(-c3nc4c5c(nc(OC[C@@H]6CCCNC[C@H](F)C6)nc5c3F)N3CC[C@@H]3CO4)c12. The average Bonchev–Trinajstić information content (AvgIpc) is 3.04. The maximum atomic E-state index is 16.6. The number of phenols is 1. The summed E-state index contributed by atoms with van der Waals surface area (Å²) in [6, 6.07) is 5.38. The number of rotatable bonds is 4. The lowest BCUT2D eigenvalue weighted by molar-refractivity contribution is 0.166. The van der Waals surface area contributed by atoms with Gasteiger partial charge in [-0.25, -0.2) is 18.2 Å². The van der Waals surface area contributed by atoms with E-state index in [9.17, 15) is 13.9 Å². The van der Waals surface area contributed by atoms with Crippen LogP contribution in [0.4, 0.5) is 19.0 Å². The third-order valence-corrected chi connectivity index (χ3v) is 8.36. The lowest BCUT2D eigenvalue weighted by Crippen LogP contribution is -2.50. The molecule has 3 aliphatic heterocycles. The molecule has 0 amide bonds. The number of phenolic OH excluding ortho intramolecular Hbond substituents is 1. The summed E-state index contributed by atoms with van der Waals surface area (Å²) in [7, 11) is 0. The third kappa shape index (κ3) is 4.50. The summed E-state index contributed by atoms with van der Waals surface area (Å²) >= 11 is 0. The average molecular weight is 576 g/mol. The first-order valence-corrected chi connectivity index (χ1v) is 14.1. The molecular formula is C31H28F3N5O3. The Morgan fingerprint density at radius 1 is 1.17 bits per heavy atom. The quantitative estimate of drug-likeness (QED) is 0.333. The first kappa shape index (κ1) is 26.6. The van der Waals surface area contributed by atoms with Crippen molar-refractivity contribution in [1.82, 2.24) is 20.3 Å². The normalized spacial score (nSPS) is 21.9. The summed E-state index contributed by atoms with van der Waals surface area (Å²) in [5.41, 5.74) is -0.257. The van der Waals surface area contributed by atoms with Crippen LogP contribution in [0.2, 0.25) is 0 Å². The van der Waals surface area contributed by atoms with E-state index in [2.05, 4.69) is 26.2 Å². The van der Waals surface area contributed by atoms with Gasteiger partial charge in [-0.15, -0.1) is 6.42 Å². The zero-order valence-corrected chi connectivity index (χ0v) is 22.7. The van der Waals surface area contributed by atoms with Crippen molar-refractivity contribution in [1.29, 1.82) is 0 Å². The van der Waals surface area contributed by atoms with Gasteiger partial charge < -0.3 is 24.8 Å². The Morgan fingerprint density at radius 2 is 2.05 bits per heavy atom. The van der Waals surface area contributed by atoms with Gasteiger partial charge in [-0.05, 0) is 61.7 Å². The van der Waals surface area contributed by atoms with Crippen LogP contribution in [0, 0.1) is 29.9 Å². The van der Waals surface area contributed by atoms with Crippen molar-refractivity contribution in [3.05, 3.63) is 41.5 Å². The minimum atomic E-state index is -0.983. The number of hydrogen-bond acceptors (Lipinski definition) is 8. The molecule has 4 aromatic rings. The van der Waals surface area contributed by atoms with Crippen molar-refractivity contribution >= 4 is 27.5 Å². The van der Waals surface area contributed by atoms with Crippen LogP contribution < -0.4 is 19.7 Å². The summed E-state index contributed by atoms with van der Waals surface area (Å²) < 4.78 is 57.8. The van der Waals surface area contributed by atoms with Crippen molar-refractivity contribution in [3.8, 4) is 41.2 Å². The Bertz CT molecular complexity index is 1760. The lowest BCUT2D eigenvalue weighted by atomic mass is 9.95. The molecule has 0 radical (unpaired) electrons. The lowest BCUT2D eigenvalue weighted by Gasteiger charge is -2.40. The number of terminal acetylenes is 1. The molecule has 0 aliphatic carbocycles. The molecule has 2 aromatic heterocycles. The van der Waals surface area contributed by atoms with Crippen molar-refractivity contribution in [2.75, 3.05) is 37.7 Å². The molecule has 0 unspecified atom stereocenters. The highest BCUT2D eigenvalue weighted by Gasteiger charge is 2.37. The Morgan fingerprint density at radius 3 is 2.86 bits per heavy atom. The highest BCUT2D eigenvalue weighted by Crippen LogP contribution is 2.44. The van der Waals surface area contributed by atoms with Crippen molar-refractivity contribution < 1.29 is 27.8 Å². The molecule has 0 bridgehead atoms. The van der Waals surface area contributed by atoms with E-state index in [1.165, 1.54) is 24.3 Å². The number of alkyl halides is 1. The number of ether oxygens (including phenoxy) is 2. The molecule has 0 saturated carbocycles. The number of anilines is 1. The molecule has 5 heterocycles. The minimum Gasteiger partial charge on any atom is -0.508 e. The Labute approximate surface area is 239 Å². The van der Waals surface area contributed by atoms with Gasteiger partial charge in [0.05, 0.1) is 18.2 Å². The number of halogens is 3. The molecule has 2 saturated heterocycles. The Balaban J connectivity index is 1.39. The fourth-order valence-corrected chi connectivity index (χ4v) is 6.16. The number of benzene rings is 2. The predicted octanol–water partition coefficient (Wildman–Crippen LogP) is 4.89. The van der Waals surface area contributed by atoms with Crippen LogP contribution in [0.3, 0.4) is 0 Å². The van der Waals surface area contributed by atoms with E-state index >= 15 is 4.39 Å². The second kappa shape index (κ2) is 10.5. The van der Waals surface area contributed by atoms with E-state index in [1.807, 2.05) is 4.90 Å². The van der Waals surface area contributed by atoms with Gasteiger partial charge in [-0.2, -0.15) is 9.97 Å². The molecule has 2 N–H and O–H groups in total. The summed E-state index contributed by atoms with van der Waals surface area (Å²) in [5, 5.41) is 14.6. The van der Waals surface area contributed by atoms with E-state index in [0.29, 0.717) is 42.7 Å². The smallest absolute Gasteiger partial charge is 0.319 e. The van der Waals surface area contributed by atoms with Crippen molar-refractivity contribution in [2.45, 2.75) is 37.9 Å². The number of fused-ring (bicyclic) bond motifs is 3. The van der Waals surface area contributed by atoms with Gasteiger partial charge in [0, 0.05) is 24.0 Å². The predicted molar refractivity (Wildman–Crippen MR) is 152 cm³/mol. The monoisotopic (exact) mass is 575 g/mol. The second-order valence-corrected chi connectivity index (χ2v) is 11.1. The van der Waals surface area contributed by atoms with E-state index in [0.717, 1.165) is 25.8 Å². The van der Waals surface area contributed by atoms with Crippen molar-refractivity contribution in [2.24, 2.45) is 5.92 Å². The number of pyridine rings is 1. The van der Waals surface area contributed by atoms with Gasteiger partial charge in [0.25, 0.3) is 0 Å². The van der Waals surface area contributed by atoms with Gasteiger partial charge >= 0.3 is 6.01 Å². The molecule has 3 atom stereocenters. The second-order valence-electron chi connectivity index (χ2n) is 11.1. The number of nitrogens with zero attached hydrogens (tertiary/aromatic N) is 4. The van der Waals surface area contributed by atoms with Crippen molar-refractivity contribution in [3.63, 3.8) is 0 Å². The van der Waals surface area contributed by atoms with Crippen LogP contribution in [-0.4, -0.2) is 65.1 Å². The molecule has 7 rings (SSSR count). The first-order valence-electron chi connectivity index (χ1n) is 14.1. The fourth-order valence-electron chi connectivity index (χ4n) is 6.16. The van der Waals surface area contributed by atoms with Crippen LogP contribution in [0.1, 0.15) is 31.2 Å². The number of aromatic nitrogens is 3. The topological polar surface area (TPSA) is 92.6 Å². The molecule has 2 fully saturated rings. The maximum absolute atomic E-state index is 16.6. The van der Waals surface area contributed by atoms with Gasteiger partial charge in [0.15, 0.2) is 5.82 Å². The third-order valence-electron chi connectivity index (χ3n) is 8.36. The molecule has 0 spiro atoms. The summed E-state index contributed by atoms with van der Waals surface area (Å²) in [5.74, 6) is 1.26. The van der Waals surface area contributed by atoms with E-state index in [4.69, 9.17) is 15.9 Å². The first-order chi connectivity index (χ1) is 20.4. The van der Waals surface area contributed by atoms with E-state index < -0.39 is 17.8 Å². The number of hydrogen-bond donors (Lipinski definition) is 2. The molecule has 8 nitrogen and oxygen atoms in total. The summed E-state index contributed by atoms with van der Waals surface area (Å²) in [6.45, 7) is 2.24. The zero-order chi connectivity index (χ0) is 29.0.